The zero-order valence-electron chi connectivity index (χ0n) is 6.59. The molecule has 0 saturated carbocycles. The van der Waals surface area contributed by atoms with E-state index in [0.29, 0.717) is 0 Å². The van der Waals surface area contributed by atoms with Crippen molar-refractivity contribution in [3.05, 3.63) is 28.2 Å². The van der Waals surface area contributed by atoms with Crippen molar-refractivity contribution >= 4 is 27.7 Å². The Bertz CT molecular complexity index is 301. The molecule has 0 fully saturated rings. The molecule has 0 radical (unpaired) electrons. The van der Waals surface area contributed by atoms with Crippen LogP contribution in [0.15, 0.2) is 27.6 Å². The summed E-state index contributed by atoms with van der Waals surface area (Å²) < 4.78 is 1.18. The standard InChI is InChI=1S/C9H10BrNS/c10-7-3-1-2-6-8(11)4-5-12-9(6)7/h1-3,8H,4-5,11H2. The van der Waals surface area contributed by atoms with E-state index in [-0.39, 0.29) is 6.04 Å². The molecule has 0 aliphatic carbocycles. The molecule has 2 N–H and O–H groups in total. The van der Waals surface area contributed by atoms with Crippen molar-refractivity contribution in [2.75, 3.05) is 5.75 Å². The van der Waals surface area contributed by atoms with Crippen LogP contribution in [0.3, 0.4) is 0 Å². The van der Waals surface area contributed by atoms with E-state index in [2.05, 4.69) is 34.1 Å². The molecule has 64 valence electrons. The number of hydrogen-bond donors (Lipinski definition) is 1. The summed E-state index contributed by atoms with van der Waals surface area (Å²) in [4.78, 5) is 1.33. The Morgan fingerprint density at radius 1 is 1.50 bits per heavy atom. The molecular weight excluding hydrogens is 234 g/mol. The van der Waals surface area contributed by atoms with Crippen LogP contribution in [-0.2, 0) is 0 Å². The summed E-state index contributed by atoms with van der Waals surface area (Å²) in [5.41, 5.74) is 7.27. The zero-order chi connectivity index (χ0) is 8.55. The highest BCUT2D eigenvalue weighted by molar-refractivity contribution is 9.10. The van der Waals surface area contributed by atoms with Gasteiger partial charge in [0.25, 0.3) is 0 Å². The van der Waals surface area contributed by atoms with E-state index >= 15 is 0 Å². The molecule has 1 aromatic rings. The number of halogens is 1. The predicted octanol–water partition coefficient (Wildman–Crippen LogP) is 2.94. The van der Waals surface area contributed by atoms with Crippen LogP contribution in [0.1, 0.15) is 18.0 Å². The van der Waals surface area contributed by atoms with Gasteiger partial charge in [-0.2, -0.15) is 0 Å². The Morgan fingerprint density at radius 3 is 3.08 bits per heavy atom. The lowest BCUT2D eigenvalue weighted by Gasteiger charge is -2.22. The summed E-state index contributed by atoms with van der Waals surface area (Å²) >= 11 is 5.43. The lowest BCUT2D eigenvalue weighted by Crippen LogP contribution is -2.15. The zero-order valence-corrected chi connectivity index (χ0v) is 8.99. The van der Waals surface area contributed by atoms with Crippen molar-refractivity contribution in [1.82, 2.24) is 0 Å². The average molecular weight is 244 g/mol. The first-order valence-electron chi connectivity index (χ1n) is 3.96. The normalized spacial score (nSPS) is 22.0. The van der Waals surface area contributed by atoms with Gasteiger partial charge in [-0.15, -0.1) is 11.8 Å². The molecule has 1 nitrogen and oxygen atoms in total. The molecule has 0 bridgehead atoms. The Labute approximate surface area is 84.9 Å². The van der Waals surface area contributed by atoms with Gasteiger partial charge in [-0.25, -0.2) is 0 Å². The maximum Gasteiger partial charge on any atom is 0.0314 e. The fourth-order valence-corrected chi connectivity index (χ4v) is 3.31. The topological polar surface area (TPSA) is 26.0 Å². The molecule has 3 heteroatoms. The van der Waals surface area contributed by atoms with Gasteiger partial charge in [0.1, 0.15) is 0 Å². The second kappa shape index (κ2) is 3.40. The summed E-state index contributed by atoms with van der Waals surface area (Å²) in [7, 11) is 0. The van der Waals surface area contributed by atoms with Crippen molar-refractivity contribution in [2.45, 2.75) is 17.4 Å². The van der Waals surface area contributed by atoms with E-state index in [1.165, 1.54) is 14.9 Å². The molecule has 2 rings (SSSR count). The molecule has 1 heterocycles. The Hall–Kier alpha value is 0.0100. The van der Waals surface area contributed by atoms with Gasteiger partial charge in [-0.05, 0) is 39.7 Å². The van der Waals surface area contributed by atoms with Crippen LogP contribution < -0.4 is 5.73 Å². The summed E-state index contributed by atoms with van der Waals surface area (Å²) in [6.45, 7) is 0. The quantitative estimate of drug-likeness (QED) is 0.759. The second-order valence-corrected chi connectivity index (χ2v) is 4.86. The largest absolute Gasteiger partial charge is 0.324 e. The van der Waals surface area contributed by atoms with Gasteiger partial charge < -0.3 is 5.73 Å². The van der Waals surface area contributed by atoms with Crippen LogP contribution in [-0.4, -0.2) is 5.75 Å². The van der Waals surface area contributed by atoms with E-state index < -0.39 is 0 Å². The van der Waals surface area contributed by atoms with E-state index in [1.54, 1.807) is 0 Å². The minimum Gasteiger partial charge on any atom is -0.324 e. The summed E-state index contributed by atoms with van der Waals surface area (Å²) in [5.74, 6) is 1.14. The maximum atomic E-state index is 5.98. The Balaban J connectivity index is 2.52. The number of benzene rings is 1. The lowest BCUT2D eigenvalue weighted by molar-refractivity contribution is 0.679. The number of nitrogens with two attached hydrogens (primary N) is 1. The van der Waals surface area contributed by atoms with Crippen molar-refractivity contribution in [3.63, 3.8) is 0 Å². The van der Waals surface area contributed by atoms with Crippen molar-refractivity contribution in [3.8, 4) is 0 Å². The third-order valence-electron chi connectivity index (χ3n) is 2.07. The number of rotatable bonds is 0. The maximum absolute atomic E-state index is 5.98. The molecule has 0 spiro atoms. The van der Waals surface area contributed by atoms with Gasteiger partial charge in [0.15, 0.2) is 0 Å². The molecule has 1 unspecified atom stereocenters. The Morgan fingerprint density at radius 2 is 2.33 bits per heavy atom. The second-order valence-electron chi connectivity index (χ2n) is 2.90. The highest BCUT2D eigenvalue weighted by Gasteiger charge is 2.18. The van der Waals surface area contributed by atoms with Gasteiger partial charge >= 0.3 is 0 Å². The van der Waals surface area contributed by atoms with Crippen LogP contribution in [0, 0.1) is 0 Å². The number of hydrogen-bond acceptors (Lipinski definition) is 2. The summed E-state index contributed by atoms with van der Waals surface area (Å²) in [6, 6.07) is 6.48. The first-order valence-corrected chi connectivity index (χ1v) is 5.73. The highest BCUT2D eigenvalue weighted by Crippen LogP contribution is 2.39. The third kappa shape index (κ3) is 1.41. The van der Waals surface area contributed by atoms with Crippen LogP contribution >= 0.6 is 27.7 Å². The molecule has 0 saturated heterocycles. The fraction of sp³-hybridized carbons (Fsp3) is 0.333. The monoisotopic (exact) mass is 243 g/mol. The van der Waals surface area contributed by atoms with Crippen LogP contribution in [0.5, 0.6) is 0 Å². The molecule has 1 aromatic carbocycles. The molecule has 1 aliphatic rings. The molecule has 1 atom stereocenters. The van der Waals surface area contributed by atoms with Crippen LogP contribution in [0.4, 0.5) is 0 Å². The van der Waals surface area contributed by atoms with Crippen molar-refractivity contribution < 1.29 is 0 Å². The number of thioether (sulfide) groups is 1. The smallest absolute Gasteiger partial charge is 0.0314 e. The molecule has 1 aliphatic heterocycles. The first-order chi connectivity index (χ1) is 5.79. The van der Waals surface area contributed by atoms with Crippen LogP contribution in [0.25, 0.3) is 0 Å². The van der Waals surface area contributed by atoms with Gasteiger partial charge in [-0.3, -0.25) is 0 Å². The molecule has 12 heavy (non-hydrogen) atoms. The summed E-state index contributed by atoms with van der Waals surface area (Å²) in [5, 5.41) is 0. The number of fused-ring (bicyclic) bond motifs is 1. The first kappa shape index (κ1) is 8.60. The third-order valence-corrected chi connectivity index (χ3v) is 4.18. The van der Waals surface area contributed by atoms with Crippen molar-refractivity contribution in [2.24, 2.45) is 5.73 Å². The van der Waals surface area contributed by atoms with Gasteiger partial charge in [-0.1, -0.05) is 12.1 Å². The van der Waals surface area contributed by atoms with Crippen LogP contribution in [0.2, 0.25) is 0 Å². The predicted molar refractivity (Wildman–Crippen MR) is 56.4 cm³/mol. The SMILES string of the molecule is NC1CCSc2c(Br)cccc21. The van der Waals surface area contributed by atoms with E-state index in [9.17, 15) is 0 Å². The lowest BCUT2D eigenvalue weighted by atomic mass is 10.1. The van der Waals surface area contributed by atoms with Crippen molar-refractivity contribution in [1.29, 1.82) is 0 Å². The van der Waals surface area contributed by atoms with E-state index in [1.807, 2.05) is 11.8 Å². The van der Waals surface area contributed by atoms with E-state index in [4.69, 9.17) is 5.73 Å². The Kier molecular flexibility index (Phi) is 2.44. The highest BCUT2D eigenvalue weighted by atomic mass is 79.9. The molecule has 0 aromatic heterocycles. The molecule has 0 amide bonds. The minimum absolute atomic E-state index is 0.235. The summed E-state index contributed by atoms with van der Waals surface area (Å²) in [6.07, 6.45) is 1.09. The fourth-order valence-electron chi connectivity index (χ4n) is 1.41. The van der Waals surface area contributed by atoms with Gasteiger partial charge in [0.05, 0.1) is 0 Å². The minimum atomic E-state index is 0.235. The molecular formula is C9H10BrNS. The average Bonchev–Trinajstić information content (AvgIpc) is 2.07. The van der Waals surface area contributed by atoms with E-state index in [0.717, 1.165) is 12.2 Å². The van der Waals surface area contributed by atoms with Gasteiger partial charge in [0.2, 0.25) is 0 Å². The van der Waals surface area contributed by atoms with Gasteiger partial charge in [0, 0.05) is 15.4 Å².